The lowest BCUT2D eigenvalue weighted by Gasteiger charge is -2.14. The van der Waals surface area contributed by atoms with Gasteiger partial charge in [0, 0.05) is 24.2 Å². The Bertz CT molecular complexity index is 557. The highest BCUT2D eigenvalue weighted by molar-refractivity contribution is 5.21. The van der Waals surface area contributed by atoms with Gasteiger partial charge in [0.25, 0.3) is 0 Å². The minimum absolute atomic E-state index is 0.805. The molecule has 0 bridgehead atoms. The Labute approximate surface area is 127 Å². The van der Waals surface area contributed by atoms with Crippen LogP contribution < -0.4 is 5.32 Å². The summed E-state index contributed by atoms with van der Waals surface area (Å²) in [6.45, 7) is 9.80. The Morgan fingerprint density at radius 3 is 2.62 bits per heavy atom. The van der Waals surface area contributed by atoms with E-state index in [1.807, 2.05) is 19.9 Å². The summed E-state index contributed by atoms with van der Waals surface area (Å²) in [7, 11) is 2.10. The lowest BCUT2D eigenvalue weighted by molar-refractivity contribution is 0.283. The second kappa shape index (κ2) is 7.48. The molecule has 2 aromatic heterocycles. The fourth-order valence-electron chi connectivity index (χ4n) is 2.43. The molecule has 2 aromatic rings. The fourth-order valence-corrected chi connectivity index (χ4v) is 2.43. The van der Waals surface area contributed by atoms with Gasteiger partial charge in [-0.25, -0.2) is 0 Å². The molecule has 0 saturated heterocycles. The van der Waals surface area contributed by atoms with Gasteiger partial charge in [-0.3, -0.25) is 4.90 Å². The molecule has 2 rings (SSSR count). The Balaban J connectivity index is 1.90. The third-order valence-electron chi connectivity index (χ3n) is 3.65. The molecule has 116 valence electrons. The molecule has 0 atom stereocenters. The van der Waals surface area contributed by atoms with Crippen molar-refractivity contribution in [3.63, 3.8) is 0 Å². The number of hydrogen-bond donors (Lipinski definition) is 1. The number of hydrogen-bond acceptors (Lipinski definition) is 4. The smallest absolute Gasteiger partial charge is 0.118 e. The number of furan rings is 2. The first-order chi connectivity index (χ1) is 10.1. The Hall–Kier alpha value is -1.52. The van der Waals surface area contributed by atoms with Gasteiger partial charge in [-0.2, -0.15) is 0 Å². The van der Waals surface area contributed by atoms with E-state index in [2.05, 4.69) is 30.3 Å². The Morgan fingerprint density at radius 1 is 1.14 bits per heavy atom. The van der Waals surface area contributed by atoms with Gasteiger partial charge in [-0.1, -0.05) is 6.92 Å². The van der Waals surface area contributed by atoms with E-state index < -0.39 is 0 Å². The molecule has 0 aliphatic heterocycles. The zero-order chi connectivity index (χ0) is 15.2. The lowest BCUT2D eigenvalue weighted by Crippen LogP contribution is -2.17. The monoisotopic (exact) mass is 290 g/mol. The van der Waals surface area contributed by atoms with Gasteiger partial charge in [0.15, 0.2) is 0 Å². The maximum atomic E-state index is 5.86. The van der Waals surface area contributed by atoms with Crippen molar-refractivity contribution in [1.82, 2.24) is 10.2 Å². The van der Waals surface area contributed by atoms with Crippen molar-refractivity contribution in [3.8, 4) is 0 Å². The molecular formula is C17H26N2O2. The van der Waals surface area contributed by atoms with E-state index in [4.69, 9.17) is 8.83 Å². The Kier molecular flexibility index (Phi) is 5.65. The zero-order valence-electron chi connectivity index (χ0n) is 13.5. The second-order valence-electron chi connectivity index (χ2n) is 5.65. The van der Waals surface area contributed by atoms with Gasteiger partial charge < -0.3 is 14.2 Å². The third-order valence-corrected chi connectivity index (χ3v) is 3.65. The van der Waals surface area contributed by atoms with Gasteiger partial charge in [0.2, 0.25) is 0 Å². The van der Waals surface area contributed by atoms with Crippen LogP contribution in [0.3, 0.4) is 0 Å². The standard InChI is InChI=1S/C17H26N2O2/c1-5-7-18-10-16-9-17(21-14(16)3)12-19(4)11-15-6-8-20-13(15)2/h6,8-9,18H,5,7,10-12H2,1-4H3. The lowest BCUT2D eigenvalue weighted by atomic mass is 10.2. The van der Waals surface area contributed by atoms with E-state index in [0.717, 1.165) is 49.9 Å². The summed E-state index contributed by atoms with van der Waals surface area (Å²) in [5.74, 6) is 3.02. The van der Waals surface area contributed by atoms with E-state index >= 15 is 0 Å². The van der Waals surface area contributed by atoms with E-state index in [1.165, 1.54) is 11.1 Å². The van der Waals surface area contributed by atoms with Gasteiger partial charge in [-0.15, -0.1) is 0 Å². The number of nitrogens with one attached hydrogen (secondary N) is 1. The average molecular weight is 290 g/mol. The first kappa shape index (κ1) is 15.9. The molecule has 1 N–H and O–H groups in total. The summed E-state index contributed by atoms with van der Waals surface area (Å²) in [6.07, 6.45) is 2.89. The van der Waals surface area contributed by atoms with E-state index in [-0.39, 0.29) is 0 Å². The molecule has 0 aliphatic carbocycles. The quantitative estimate of drug-likeness (QED) is 0.754. The van der Waals surface area contributed by atoms with Crippen LogP contribution in [0.15, 0.2) is 27.2 Å². The molecule has 0 radical (unpaired) electrons. The molecule has 21 heavy (non-hydrogen) atoms. The van der Waals surface area contributed by atoms with Crippen LogP contribution in [0.5, 0.6) is 0 Å². The van der Waals surface area contributed by atoms with Crippen LogP contribution >= 0.6 is 0 Å². The first-order valence-electron chi connectivity index (χ1n) is 7.60. The highest BCUT2D eigenvalue weighted by Crippen LogP contribution is 2.18. The van der Waals surface area contributed by atoms with E-state index in [0.29, 0.717) is 0 Å². The van der Waals surface area contributed by atoms with Crippen LogP contribution in [0.2, 0.25) is 0 Å². The predicted octanol–water partition coefficient (Wildman–Crippen LogP) is 3.62. The summed E-state index contributed by atoms with van der Waals surface area (Å²) in [6, 6.07) is 4.19. The van der Waals surface area contributed by atoms with Gasteiger partial charge in [0.05, 0.1) is 12.8 Å². The van der Waals surface area contributed by atoms with Gasteiger partial charge in [0.1, 0.15) is 17.3 Å². The first-order valence-corrected chi connectivity index (χ1v) is 7.60. The van der Waals surface area contributed by atoms with Crippen LogP contribution in [0, 0.1) is 13.8 Å². The molecular weight excluding hydrogens is 264 g/mol. The molecule has 0 aromatic carbocycles. The van der Waals surface area contributed by atoms with Crippen LogP contribution in [-0.4, -0.2) is 18.5 Å². The summed E-state index contributed by atoms with van der Waals surface area (Å²) >= 11 is 0. The third kappa shape index (κ3) is 4.48. The molecule has 0 spiro atoms. The number of rotatable bonds is 8. The molecule has 0 amide bonds. The maximum absolute atomic E-state index is 5.86. The van der Waals surface area contributed by atoms with Crippen molar-refractivity contribution >= 4 is 0 Å². The van der Waals surface area contributed by atoms with Crippen molar-refractivity contribution in [2.75, 3.05) is 13.6 Å². The van der Waals surface area contributed by atoms with Crippen molar-refractivity contribution in [1.29, 1.82) is 0 Å². The molecule has 0 fully saturated rings. The topological polar surface area (TPSA) is 41.5 Å². The van der Waals surface area contributed by atoms with Crippen LogP contribution in [0.4, 0.5) is 0 Å². The van der Waals surface area contributed by atoms with Gasteiger partial charge in [-0.05, 0) is 46.0 Å². The maximum Gasteiger partial charge on any atom is 0.118 e. The van der Waals surface area contributed by atoms with Crippen molar-refractivity contribution in [3.05, 3.63) is 46.8 Å². The highest BCUT2D eigenvalue weighted by atomic mass is 16.3. The molecule has 0 unspecified atom stereocenters. The van der Waals surface area contributed by atoms with Crippen molar-refractivity contribution < 1.29 is 8.83 Å². The summed E-state index contributed by atoms with van der Waals surface area (Å²) < 4.78 is 11.2. The minimum atomic E-state index is 0.805. The number of aryl methyl sites for hydroxylation is 2. The highest BCUT2D eigenvalue weighted by Gasteiger charge is 2.11. The number of nitrogens with zero attached hydrogens (tertiary/aromatic N) is 1. The van der Waals surface area contributed by atoms with E-state index in [1.54, 1.807) is 6.26 Å². The SMILES string of the molecule is CCCNCc1cc(CN(C)Cc2ccoc2C)oc1C. The largest absolute Gasteiger partial charge is 0.469 e. The zero-order valence-corrected chi connectivity index (χ0v) is 13.5. The summed E-state index contributed by atoms with van der Waals surface area (Å²) in [5.41, 5.74) is 2.48. The average Bonchev–Trinajstić information content (AvgIpc) is 2.97. The molecule has 4 heteroatoms. The van der Waals surface area contributed by atoms with Crippen LogP contribution in [0.25, 0.3) is 0 Å². The van der Waals surface area contributed by atoms with E-state index in [9.17, 15) is 0 Å². The van der Waals surface area contributed by atoms with Crippen LogP contribution in [-0.2, 0) is 19.6 Å². The minimum Gasteiger partial charge on any atom is -0.469 e. The molecule has 0 saturated carbocycles. The molecule has 0 aliphatic rings. The van der Waals surface area contributed by atoms with Gasteiger partial charge >= 0.3 is 0 Å². The second-order valence-corrected chi connectivity index (χ2v) is 5.65. The van der Waals surface area contributed by atoms with Crippen molar-refractivity contribution in [2.24, 2.45) is 0 Å². The summed E-state index contributed by atoms with van der Waals surface area (Å²) in [4.78, 5) is 2.24. The predicted molar refractivity (Wildman–Crippen MR) is 84.1 cm³/mol. The normalized spacial score (nSPS) is 11.5. The molecule has 2 heterocycles. The van der Waals surface area contributed by atoms with Crippen LogP contribution in [0.1, 0.15) is 41.8 Å². The fraction of sp³-hybridized carbons (Fsp3) is 0.529. The van der Waals surface area contributed by atoms with Crippen molar-refractivity contribution in [2.45, 2.75) is 46.8 Å². The summed E-state index contributed by atoms with van der Waals surface area (Å²) in [5, 5.41) is 3.42. The molecule has 4 nitrogen and oxygen atoms in total. The Morgan fingerprint density at radius 2 is 1.95 bits per heavy atom.